The third-order valence-corrected chi connectivity index (χ3v) is 1.71. The number of hydrogen-bond acceptors (Lipinski definition) is 2. The van der Waals surface area contributed by atoms with Gasteiger partial charge in [0.2, 0.25) is 0 Å². The molecule has 0 aliphatic heterocycles. The van der Waals surface area contributed by atoms with E-state index in [0.717, 1.165) is 16.0 Å². The van der Waals surface area contributed by atoms with Crippen LogP contribution < -0.4 is 11.2 Å². The van der Waals surface area contributed by atoms with Crippen LogP contribution in [0.15, 0.2) is 23.1 Å². The van der Waals surface area contributed by atoms with E-state index < -0.39 is 0 Å². The van der Waals surface area contributed by atoms with Crippen molar-refractivity contribution in [3.63, 3.8) is 0 Å². The van der Waals surface area contributed by atoms with Crippen LogP contribution in [0.1, 0.15) is 0 Å². The highest BCUT2D eigenvalue weighted by molar-refractivity contribution is 7.80. The average Bonchev–Trinajstić information content (AvgIpc) is 1.80. The zero-order chi connectivity index (χ0) is 6.85. The third-order valence-electron chi connectivity index (χ3n) is 1.23. The monoisotopic (exact) mass is 137 g/mol. The van der Waals surface area contributed by atoms with Crippen molar-refractivity contribution < 1.29 is 0 Å². The summed E-state index contributed by atoms with van der Waals surface area (Å²) < 4.78 is 0. The number of nitrogens with two attached hydrogens (primary N) is 1. The molecule has 0 spiro atoms. The van der Waals surface area contributed by atoms with Gasteiger partial charge in [-0.05, 0) is 17.0 Å². The van der Waals surface area contributed by atoms with E-state index in [1.165, 1.54) is 0 Å². The van der Waals surface area contributed by atoms with E-state index in [1.807, 2.05) is 26.0 Å². The van der Waals surface area contributed by atoms with E-state index in [0.29, 0.717) is 0 Å². The molecule has 0 heterocycles. The highest BCUT2D eigenvalue weighted by Gasteiger charge is 1.90. The van der Waals surface area contributed by atoms with E-state index in [9.17, 15) is 0 Å². The smallest absolute Gasteiger partial charge is 0.140 e. The van der Waals surface area contributed by atoms with Crippen LogP contribution in [0.5, 0.6) is 0 Å². The van der Waals surface area contributed by atoms with E-state index in [-0.39, 0.29) is 0 Å². The van der Waals surface area contributed by atoms with Crippen LogP contribution in [-0.2, 0) is 0 Å². The first-order valence-corrected chi connectivity index (χ1v) is 3.20. The minimum Gasteiger partial charge on any atom is -0.399 e. The summed E-state index contributed by atoms with van der Waals surface area (Å²) in [6.45, 7) is 0. The van der Waals surface area contributed by atoms with Crippen molar-refractivity contribution in [2.24, 2.45) is 0 Å². The second-order valence-electron chi connectivity index (χ2n) is 2.05. The molecular formula is C6H8BNS. The molecule has 0 saturated carbocycles. The summed E-state index contributed by atoms with van der Waals surface area (Å²) in [5.41, 5.74) is 7.41. The first-order valence-electron chi connectivity index (χ1n) is 2.75. The van der Waals surface area contributed by atoms with Gasteiger partial charge in [0, 0.05) is 5.69 Å². The molecule has 1 nitrogen and oxygen atoms in total. The Labute approximate surface area is 61.1 Å². The second kappa shape index (κ2) is 2.35. The van der Waals surface area contributed by atoms with Crippen molar-refractivity contribution in [3.8, 4) is 0 Å². The lowest BCUT2D eigenvalue weighted by atomic mass is 9.96. The van der Waals surface area contributed by atoms with Gasteiger partial charge < -0.3 is 5.73 Å². The fraction of sp³-hybridized carbons (Fsp3) is 0. The number of rotatable bonds is 0. The molecule has 1 aromatic carbocycles. The van der Waals surface area contributed by atoms with Crippen LogP contribution in [-0.4, -0.2) is 7.85 Å². The van der Waals surface area contributed by atoms with Crippen LogP contribution in [0.3, 0.4) is 0 Å². The molecule has 0 unspecified atom stereocenters. The zero-order valence-electron chi connectivity index (χ0n) is 5.26. The number of thiol groups is 1. The number of hydrogen-bond donors (Lipinski definition) is 2. The van der Waals surface area contributed by atoms with Crippen molar-refractivity contribution in [1.29, 1.82) is 0 Å². The Hall–Kier alpha value is -0.565. The van der Waals surface area contributed by atoms with E-state index >= 15 is 0 Å². The summed E-state index contributed by atoms with van der Waals surface area (Å²) in [6, 6.07) is 5.67. The van der Waals surface area contributed by atoms with E-state index in [2.05, 4.69) is 12.6 Å². The summed E-state index contributed by atoms with van der Waals surface area (Å²) >= 11 is 4.19. The Bertz CT molecular complexity index is 224. The largest absolute Gasteiger partial charge is 0.399 e. The van der Waals surface area contributed by atoms with Gasteiger partial charge in [-0.25, -0.2) is 0 Å². The van der Waals surface area contributed by atoms with Crippen molar-refractivity contribution >= 4 is 31.6 Å². The molecule has 0 atom stereocenters. The molecule has 0 aliphatic carbocycles. The molecule has 0 fully saturated rings. The van der Waals surface area contributed by atoms with Gasteiger partial charge in [0.1, 0.15) is 7.85 Å². The number of nitrogen functional groups attached to an aromatic ring is 1. The van der Waals surface area contributed by atoms with E-state index in [4.69, 9.17) is 5.73 Å². The highest BCUT2D eigenvalue weighted by atomic mass is 32.1. The quantitative estimate of drug-likeness (QED) is 0.289. The first kappa shape index (κ1) is 6.55. The second-order valence-corrected chi connectivity index (χ2v) is 2.53. The van der Waals surface area contributed by atoms with Gasteiger partial charge in [0.15, 0.2) is 0 Å². The predicted molar refractivity (Wildman–Crippen MR) is 46.3 cm³/mol. The molecule has 0 amide bonds. The number of benzene rings is 1. The minimum absolute atomic E-state index is 0.769. The maximum atomic E-state index is 5.48. The van der Waals surface area contributed by atoms with Crippen molar-refractivity contribution in [3.05, 3.63) is 18.2 Å². The lowest BCUT2D eigenvalue weighted by Crippen LogP contribution is -2.04. The van der Waals surface area contributed by atoms with Crippen LogP contribution >= 0.6 is 12.6 Å². The summed E-state index contributed by atoms with van der Waals surface area (Å²) in [6.07, 6.45) is 0. The van der Waals surface area contributed by atoms with Gasteiger partial charge in [-0.3, -0.25) is 0 Å². The molecule has 0 saturated heterocycles. The topological polar surface area (TPSA) is 26.0 Å². The molecule has 1 rings (SSSR count). The molecule has 0 aromatic heterocycles. The normalized spacial score (nSPS) is 9.44. The Balaban J connectivity index is 3.17. The summed E-state index contributed by atoms with van der Waals surface area (Å²) in [5.74, 6) is 0. The Kier molecular flexibility index (Phi) is 1.71. The standard InChI is InChI=1S/C6H8BNS/c7-5-2-1-4(8)3-6(5)9/h1-3,9H,7-8H2. The zero-order valence-corrected chi connectivity index (χ0v) is 6.15. The summed E-state index contributed by atoms with van der Waals surface area (Å²) in [5, 5.41) is 0. The SMILES string of the molecule is Bc1ccc(N)cc1S. The van der Waals surface area contributed by atoms with Gasteiger partial charge in [-0.2, -0.15) is 0 Å². The molecule has 0 radical (unpaired) electrons. The van der Waals surface area contributed by atoms with Gasteiger partial charge >= 0.3 is 0 Å². The Morgan fingerprint density at radius 3 is 2.56 bits per heavy atom. The van der Waals surface area contributed by atoms with Gasteiger partial charge in [-0.1, -0.05) is 11.5 Å². The highest BCUT2D eigenvalue weighted by Crippen LogP contribution is 2.06. The Morgan fingerprint density at radius 2 is 2.11 bits per heavy atom. The van der Waals surface area contributed by atoms with Gasteiger partial charge in [0.05, 0.1) is 0 Å². The van der Waals surface area contributed by atoms with Crippen molar-refractivity contribution in [1.82, 2.24) is 0 Å². The fourth-order valence-corrected chi connectivity index (χ4v) is 0.850. The van der Waals surface area contributed by atoms with Crippen LogP contribution in [0, 0.1) is 0 Å². The summed E-state index contributed by atoms with van der Waals surface area (Å²) in [7, 11) is 2.00. The maximum absolute atomic E-state index is 5.48. The molecule has 0 bridgehead atoms. The average molecular weight is 137 g/mol. The fourth-order valence-electron chi connectivity index (χ4n) is 0.626. The minimum atomic E-state index is 0.769. The van der Waals surface area contributed by atoms with Crippen LogP contribution in [0.25, 0.3) is 0 Å². The van der Waals surface area contributed by atoms with Crippen LogP contribution in [0.2, 0.25) is 0 Å². The van der Waals surface area contributed by atoms with Crippen molar-refractivity contribution in [2.75, 3.05) is 5.73 Å². The molecule has 46 valence electrons. The van der Waals surface area contributed by atoms with E-state index in [1.54, 1.807) is 0 Å². The summed E-state index contributed by atoms with van der Waals surface area (Å²) in [4.78, 5) is 0.954. The lowest BCUT2D eigenvalue weighted by Gasteiger charge is -1.97. The molecule has 1 aromatic rings. The van der Waals surface area contributed by atoms with Crippen molar-refractivity contribution in [2.45, 2.75) is 4.90 Å². The Morgan fingerprint density at radius 1 is 1.44 bits per heavy atom. The first-order chi connectivity index (χ1) is 4.20. The molecule has 2 N–H and O–H groups in total. The number of anilines is 1. The lowest BCUT2D eigenvalue weighted by molar-refractivity contribution is 1.54. The molecule has 9 heavy (non-hydrogen) atoms. The maximum Gasteiger partial charge on any atom is 0.140 e. The molecule has 3 heteroatoms. The molecule has 0 aliphatic rings. The van der Waals surface area contributed by atoms with Gasteiger partial charge in [-0.15, -0.1) is 12.6 Å². The third kappa shape index (κ3) is 1.42. The van der Waals surface area contributed by atoms with Crippen LogP contribution in [0.4, 0.5) is 5.69 Å². The van der Waals surface area contributed by atoms with Gasteiger partial charge in [0.25, 0.3) is 0 Å². The predicted octanol–water partition coefficient (Wildman–Crippen LogP) is -0.184. The molecular weight excluding hydrogens is 129 g/mol.